The Morgan fingerprint density at radius 2 is 1.76 bits per heavy atom. The number of nitrogens with one attached hydrogen (secondary N) is 1. The second kappa shape index (κ2) is 9.20. The molecule has 140 valence electrons. The first kappa shape index (κ1) is 19.7. The maximum Gasteiger partial charge on any atom is 0.321 e. The third-order valence-electron chi connectivity index (χ3n) is 5.27. The van der Waals surface area contributed by atoms with Gasteiger partial charge < -0.3 is 20.0 Å². The van der Waals surface area contributed by atoms with Crippen LogP contribution in [-0.4, -0.2) is 74.1 Å². The standard InChI is InChI=1S/C20H34N4O/c1-16(2)17-6-8-18(9-7-17)21-20(25)24(5)15-14-23(4)19-10-12-22(3)13-11-19/h6-9,16,19H,10-15H2,1-5H3,(H,21,25). The third-order valence-corrected chi connectivity index (χ3v) is 5.27. The van der Waals surface area contributed by atoms with Gasteiger partial charge in [-0.3, -0.25) is 0 Å². The number of hydrogen-bond donors (Lipinski definition) is 1. The normalized spacial score (nSPS) is 16.4. The predicted octanol–water partition coefficient (Wildman–Crippen LogP) is 3.30. The lowest BCUT2D eigenvalue weighted by Crippen LogP contribution is -2.45. The van der Waals surface area contributed by atoms with Crippen LogP contribution < -0.4 is 5.32 Å². The van der Waals surface area contributed by atoms with Gasteiger partial charge in [0.05, 0.1) is 0 Å². The maximum atomic E-state index is 12.4. The minimum absolute atomic E-state index is 0.0472. The van der Waals surface area contributed by atoms with Crippen molar-refractivity contribution in [1.82, 2.24) is 14.7 Å². The van der Waals surface area contributed by atoms with Crippen molar-refractivity contribution in [2.75, 3.05) is 52.6 Å². The number of nitrogens with zero attached hydrogens (tertiary/aromatic N) is 3. The van der Waals surface area contributed by atoms with Gasteiger partial charge in [-0.05, 0) is 63.6 Å². The van der Waals surface area contributed by atoms with Gasteiger partial charge in [0.25, 0.3) is 0 Å². The van der Waals surface area contributed by atoms with Crippen LogP contribution in [0.5, 0.6) is 0 Å². The largest absolute Gasteiger partial charge is 0.326 e. The van der Waals surface area contributed by atoms with E-state index in [-0.39, 0.29) is 6.03 Å². The van der Waals surface area contributed by atoms with Crippen LogP contribution in [-0.2, 0) is 0 Å². The Morgan fingerprint density at radius 3 is 2.32 bits per heavy atom. The molecule has 1 aromatic rings. The smallest absolute Gasteiger partial charge is 0.321 e. The second-order valence-electron chi connectivity index (χ2n) is 7.64. The number of benzene rings is 1. The predicted molar refractivity (Wildman–Crippen MR) is 105 cm³/mol. The molecule has 5 nitrogen and oxygen atoms in total. The van der Waals surface area contributed by atoms with Crippen LogP contribution in [0.2, 0.25) is 0 Å². The molecule has 1 fully saturated rings. The first-order valence-corrected chi connectivity index (χ1v) is 9.37. The lowest BCUT2D eigenvalue weighted by Gasteiger charge is -2.35. The molecule has 2 amide bonds. The average molecular weight is 347 g/mol. The molecule has 1 aliphatic heterocycles. The van der Waals surface area contributed by atoms with Gasteiger partial charge in [0, 0.05) is 31.9 Å². The van der Waals surface area contributed by atoms with Crippen LogP contribution >= 0.6 is 0 Å². The third kappa shape index (κ3) is 6.01. The Labute approximate surface area is 153 Å². The summed E-state index contributed by atoms with van der Waals surface area (Å²) in [6.07, 6.45) is 2.43. The zero-order valence-electron chi connectivity index (χ0n) is 16.5. The van der Waals surface area contributed by atoms with Gasteiger partial charge in [-0.1, -0.05) is 26.0 Å². The molecule has 1 N–H and O–H groups in total. The highest BCUT2D eigenvalue weighted by Crippen LogP contribution is 2.17. The summed E-state index contributed by atoms with van der Waals surface area (Å²) in [6, 6.07) is 8.70. The van der Waals surface area contributed by atoms with Crippen LogP contribution in [0, 0.1) is 0 Å². The molecule has 1 saturated heterocycles. The number of piperidine rings is 1. The van der Waals surface area contributed by atoms with Crippen LogP contribution in [0.1, 0.15) is 38.2 Å². The van der Waals surface area contributed by atoms with Crippen LogP contribution in [0.4, 0.5) is 10.5 Å². The molecule has 0 spiro atoms. The van der Waals surface area contributed by atoms with Crippen molar-refractivity contribution in [3.05, 3.63) is 29.8 Å². The lowest BCUT2D eigenvalue weighted by molar-refractivity contribution is 0.136. The van der Waals surface area contributed by atoms with Crippen molar-refractivity contribution >= 4 is 11.7 Å². The fraction of sp³-hybridized carbons (Fsp3) is 0.650. The molecule has 2 rings (SSSR count). The summed E-state index contributed by atoms with van der Waals surface area (Å²) in [7, 11) is 6.22. The Balaban J connectivity index is 1.76. The van der Waals surface area contributed by atoms with Crippen molar-refractivity contribution in [3.63, 3.8) is 0 Å². The van der Waals surface area contributed by atoms with Gasteiger partial charge in [-0.25, -0.2) is 4.79 Å². The van der Waals surface area contributed by atoms with Gasteiger partial charge in [0.15, 0.2) is 0 Å². The van der Waals surface area contributed by atoms with E-state index < -0.39 is 0 Å². The molecule has 1 heterocycles. The number of anilines is 1. The fourth-order valence-corrected chi connectivity index (χ4v) is 3.20. The number of likely N-dealkylation sites (N-methyl/N-ethyl adjacent to an activating group) is 2. The van der Waals surface area contributed by atoms with Gasteiger partial charge in [-0.15, -0.1) is 0 Å². The quantitative estimate of drug-likeness (QED) is 0.859. The maximum absolute atomic E-state index is 12.4. The number of amides is 2. The molecule has 1 aliphatic rings. The SMILES string of the molecule is CC(C)c1ccc(NC(=O)N(C)CCN(C)C2CCN(C)CC2)cc1. The summed E-state index contributed by atoms with van der Waals surface area (Å²) in [5, 5.41) is 2.98. The number of rotatable bonds is 6. The Kier molecular flexibility index (Phi) is 7.26. The summed E-state index contributed by atoms with van der Waals surface area (Å²) >= 11 is 0. The molecule has 25 heavy (non-hydrogen) atoms. The fourth-order valence-electron chi connectivity index (χ4n) is 3.20. The van der Waals surface area contributed by atoms with E-state index in [4.69, 9.17) is 0 Å². The number of hydrogen-bond acceptors (Lipinski definition) is 3. The minimum atomic E-state index is -0.0472. The Hall–Kier alpha value is -1.59. The van der Waals surface area contributed by atoms with E-state index >= 15 is 0 Å². The van der Waals surface area contributed by atoms with E-state index in [0.29, 0.717) is 12.0 Å². The summed E-state index contributed by atoms with van der Waals surface area (Å²) in [5.41, 5.74) is 2.14. The van der Waals surface area contributed by atoms with Crippen molar-refractivity contribution in [1.29, 1.82) is 0 Å². The van der Waals surface area contributed by atoms with Crippen molar-refractivity contribution in [2.24, 2.45) is 0 Å². The Morgan fingerprint density at radius 1 is 1.16 bits per heavy atom. The molecule has 0 atom stereocenters. The highest BCUT2D eigenvalue weighted by atomic mass is 16.2. The van der Waals surface area contributed by atoms with E-state index in [0.717, 1.165) is 31.9 Å². The molecular formula is C20H34N4O. The zero-order valence-corrected chi connectivity index (χ0v) is 16.5. The molecule has 0 radical (unpaired) electrons. The second-order valence-corrected chi connectivity index (χ2v) is 7.64. The topological polar surface area (TPSA) is 38.8 Å². The van der Waals surface area contributed by atoms with Crippen LogP contribution in [0.25, 0.3) is 0 Å². The lowest BCUT2D eigenvalue weighted by atomic mass is 10.0. The van der Waals surface area contributed by atoms with E-state index in [9.17, 15) is 4.79 Å². The zero-order chi connectivity index (χ0) is 18.4. The molecule has 5 heteroatoms. The van der Waals surface area contributed by atoms with Crippen molar-refractivity contribution < 1.29 is 4.79 Å². The van der Waals surface area contributed by atoms with E-state index in [1.54, 1.807) is 4.90 Å². The summed E-state index contributed by atoms with van der Waals surface area (Å²) < 4.78 is 0. The summed E-state index contributed by atoms with van der Waals surface area (Å²) in [4.78, 5) is 18.9. The van der Waals surface area contributed by atoms with Gasteiger partial charge in [-0.2, -0.15) is 0 Å². The minimum Gasteiger partial charge on any atom is -0.326 e. The molecule has 0 unspecified atom stereocenters. The highest BCUT2D eigenvalue weighted by Gasteiger charge is 2.21. The Bertz CT molecular complexity index is 535. The first-order chi connectivity index (χ1) is 11.9. The number of carbonyl (C=O) groups is 1. The first-order valence-electron chi connectivity index (χ1n) is 9.37. The van der Waals surface area contributed by atoms with Gasteiger partial charge in [0.2, 0.25) is 0 Å². The van der Waals surface area contributed by atoms with Crippen LogP contribution in [0.15, 0.2) is 24.3 Å². The molecule has 1 aromatic carbocycles. The molecule has 0 bridgehead atoms. The summed E-state index contributed by atoms with van der Waals surface area (Å²) in [5.74, 6) is 0.502. The van der Waals surface area contributed by atoms with Crippen molar-refractivity contribution in [3.8, 4) is 0 Å². The molecule has 0 aromatic heterocycles. The summed E-state index contributed by atoms with van der Waals surface area (Å²) in [6.45, 7) is 8.31. The van der Waals surface area contributed by atoms with Gasteiger partial charge >= 0.3 is 6.03 Å². The molecule has 0 saturated carbocycles. The highest BCUT2D eigenvalue weighted by molar-refractivity contribution is 5.89. The monoisotopic (exact) mass is 346 g/mol. The molecular weight excluding hydrogens is 312 g/mol. The van der Waals surface area contributed by atoms with E-state index in [1.807, 2.05) is 19.2 Å². The molecule has 0 aliphatic carbocycles. The average Bonchev–Trinajstić information content (AvgIpc) is 2.60. The number of carbonyl (C=O) groups excluding carboxylic acids is 1. The number of urea groups is 1. The van der Waals surface area contributed by atoms with Crippen molar-refractivity contribution in [2.45, 2.75) is 38.6 Å². The van der Waals surface area contributed by atoms with Gasteiger partial charge in [0.1, 0.15) is 0 Å². The van der Waals surface area contributed by atoms with E-state index in [1.165, 1.54) is 18.4 Å². The number of likely N-dealkylation sites (tertiary alicyclic amines) is 1. The van der Waals surface area contributed by atoms with E-state index in [2.05, 4.69) is 55.2 Å². The van der Waals surface area contributed by atoms with Crippen LogP contribution in [0.3, 0.4) is 0 Å².